The fourth-order valence-electron chi connectivity index (χ4n) is 3.11. The normalized spacial score (nSPS) is 15.5. The first-order chi connectivity index (χ1) is 15.8. The molecule has 33 heavy (non-hydrogen) atoms. The lowest BCUT2D eigenvalue weighted by atomic mass is 10.2. The molecule has 1 aliphatic rings. The van der Waals surface area contributed by atoms with Crippen molar-refractivity contribution in [1.82, 2.24) is 16.2 Å². The standard InChI is InChI=1S/C21H25BrN4O5S2/c1-2-30-18-10-7-15(22)12-19(18)33(28,29)26-16-8-5-14(6-9-16)20(27)24-25-21(32)23-13-17-4-3-11-31-17/h5-10,12,17,26H,2-4,11,13H2,1H3,(H,24,27)(H2,23,25,32)/t17-/m0/s1. The average molecular weight is 557 g/mol. The number of ether oxygens (including phenoxy) is 2. The van der Waals surface area contributed by atoms with Crippen molar-refractivity contribution in [3.8, 4) is 5.75 Å². The SMILES string of the molecule is CCOc1ccc(Br)cc1S(=O)(=O)Nc1ccc(C(=O)NNC(=S)NC[C@@H]2CCCO2)cc1. The van der Waals surface area contributed by atoms with Crippen molar-refractivity contribution in [2.24, 2.45) is 0 Å². The van der Waals surface area contributed by atoms with Gasteiger partial charge in [0.15, 0.2) is 5.11 Å². The van der Waals surface area contributed by atoms with Crippen LogP contribution in [-0.2, 0) is 14.8 Å². The number of anilines is 1. The first-order valence-electron chi connectivity index (χ1n) is 10.3. The second-order valence-electron chi connectivity index (χ2n) is 7.13. The lowest BCUT2D eigenvalue weighted by Crippen LogP contribution is -2.48. The van der Waals surface area contributed by atoms with E-state index in [0.29, 0.717) is 28.9 Å². The molecule has 2 aromatic carbocycles. The molecule has 0 aromatic heterocycles. The highest BCUT2D eigenvalue weighted by Crippen LogP contribution is 2.29. The van der Waals surface area contributed by atoms with E-state index in [9.17, 15) is 13.2 Å². The number of hydrogen-bond donors (Lipinski definition) is 4. The molecule has 2 aromatic rings. The van der Waals surface area contributed by atoms with Gasteiger partial charge in [-0.3, -0.25) is 20.4 Å². The van der Waals surface area contributed by atoms with E-state index in [1.165, 1.54) is 30.3 Å². The summed E-state index contributed by atoms with van der Waals surface area (Å²) in [6, 6.07) is 10.8. The molecule has 3 rings (SSSR count). The van der Waals surface area contributed by atoms with Crippen molar-refractivity contribution in [1.29, 1.82) is 0 Å². The molecule has 12 heteroatoms. The van der Waals surface area contributed by atoms with E-state index in [2.05, 4.69) is 36.8 Å². The van der Waals surface area contributed by atoms with Crippen LogP contribution in [0.4, 0.5) is 5.69 Å². The number of amides is 1. The first-order valence-corrected chi connectivity index (χ1v) is 13.0. The molecule has 0 spiro atoms. The van der Waals surface area contributed by atoms with Crippen LogP contribution < -0.4 is 25.6 Å². The Bertz CT molecular complexity index is 1090. The maximum Gasteiger partial charge on any atom is 0.269 e. The number of thiocarbonyl (C=S) groups is 1. The van der Waals surface area contributed by atoms with Gasteiger partial charge in [0.25, 0.3) is 15.9 Å². The molecule has 0 bridgehead atoms. The Hall–Kier alpha value is -2.41. The number of hydrogen-bond acceptors (Lipinski definition) is 6. The number of carbonyl (C=O) groups excluding carboxylic acids is 1. The molecule has 0 aliphatic carbocycles. The van der Waals surface area contributed by atoms with E-state index < -0.39 is 15.9 Å². The maximum absolute atomic E-state index is 12.9. The van der Waals surface area contributed by atoms with Gasteiger partial charge in [-0.15, -0.1) is 0 Å². The first kappa shape index (κ1) is 25.2. The van der Waals surface area contributed by atoms with Crippen LogP contribution in [0.3, 0.4) is 0 Å². The maximum atomic E-state index is 12.9. The van der Waals surface area contributed by atoms with Crippen molar-refractivity contribution >= 4 is 54.9 Å². The summed E-state index contributed by atoms with van der Waals surface area (Å²) in [5.41, 5.74) is 5.77. The van der Waals surface area contributed by atoms with Gasteiger partial charge in [0.2, 0.25) is 0 Å². The molecule has 1 atom stereocenters. The van der Waals surface area contributed by atoms with Crippen molar-refractivity contribution in [3.63, 3.8) is 0 Å². The molecule has 1 amide bonds. The number of sulfonamides is 1. The number of carbonyl (C=O) groups is 1. The summed E-state index contributed by atoms with van der Waals surface area (Å²) in [6.45, 7) is 3.43. The zero-order valence-electron chi connectivity index (χ0n) is 17.9. The Morgan fingerprint density at radius 1 is 1.21 bits per heavy atom. The number of rotatable bonds is 8. The van der Waals surface area contributed by atoms with Gasteiger partial charge >= 0.3 is 0 Å². The highest BCUT2D eigenvalue weighted by molar-refractivity contribution is 9.10. The van der Waals surface area contributed by atoms with Gasteiger partial charge in [-0.05, 0) is 74.4 Å². The molecular weight excluding hydrogens is 532 g/mol. The Kier molecular flexibility index (Phi) is 8.89. The Labute approximate surface area is 206 Å². The van der Waals surface area contributed by atoms with E-state index >= 15 is 0 Å². The molecule has 1 fully saturated rings. The van der Waals surface area contributed by atoms with Crippen molar-refractivity contribution in [2.45, 2.75) is 30.8 Å². The highest BCUT2D eigenvalue weighted by Gasteiger charge is 2.21. The molecule has 1 saturated heterocycles. The topological polar surface area (TPSA) is 118 Å². The highest BCUT2D eigenvalue weighted by atomic mass is 79.9. The van der Waals surface area contributed by atoms with Gasteiger partial charge in [0, 0.05) is 28.9 Å². The third-order valence-corrected chi connectivity index (χ3v) is 6.84. The number of halogens is 1. The summed E-state index contributed by atoms with van der Waals surface area (Å²) in [5, 5.41) is 3.27. The summed E-state index contributed by atoms with van der Waals surface area (Å²) in [4.78, 5) is 12.3. The van der Waals surface area contributed by atoms with Crippen LogP contribution in [0.1, 0.15) is 30.1 Å². The Morgan fingerprint density at radius 2 is 1.97 bits per heavy atom. The van der Waals surface area contributed by atoms with Gasteiger partial charge in [-0.2, -0.15) is 0 Å². The molecule has 0 radical (unpaired) electrons. The summed E-state index contributed by atoms with van der Waals surface area (Å²) < 4.78 is 39.8. The average Bonchev–Trinajstić information content (AvgIpc) is 3.31. The summed E-state index contributed by atoms with van der Waals surface area (Å²) in [6.07, 6.45) is 2.14. The van der Waals surface area contributed by atoms with Crippen molar-refractivity contribution < 1.29 is 22.7 Å². The zero-order chi connectivity index (χ0) is 23.8. The van der Waals surface area contributed by atoms with Crippen LogP contribution in [0, 0.1) is 0 Å². The van der Waals surface area contributed by atoms with E-state index in [4.69, 9.17) is 21.7 Å². The number of hydrazine groups is 1. The van der Waals surface area contributed by atoms with E-state index in [1.807, 2.05) is 0 Å². The van der Waals surface area contributed by atoms with E-state index in [-0.39, 0.29) is 21.9 Å². The second-order valence-corrected chi connectivity index (χ2v) is 10.1. The molecule has 0 saturated carbocycles. The predicted molar refractivity (Wildman–Crippen MR) is 133 cm³/mol. The van der Waals surface area contributed by atoms with Gasteiger partial charge in [0.1, 0.15) is 10.6 Å². The Morgan fingerprint density at radius 3 is 2.64 bits per heavy atom. The minimum Gasteiger partial charge on any atom is -0.492 e. The van der Waals surface area contributed by atoms with Crippen molar-refractivity contribution in [3.05, 3.63) is 52.5 Å². The van der Waals surface area contributed by atoms with Crippen LogP contribution in [0.15, 0.2) is 51.8 Å². The monoisotopic (exact) mass is 556 g/mol. The Balaban J connectivity index is 1.56. The molecule has 1 heterocycles. The van der Waals surface area contributed by atoms with Crippen LogP contribution >= 0.6 is 28.1 Å². The summed E-state index contributed by atoms with van der Waals surface area (Å²) >= 11 is 8.42. The fraction of sp³-hybridized carbons (Fsp3) is 0.333. The van der Waals surface area contributed by atoms with Gasteiger partial charge < -0.3 is 14.8 Å². The predicted octanol–water partition coefficient (Wildman–Crippen LogP) is 2.94. The molecule has 0 unspecified atom stereocenters. The van der Waals surface area contributed by atoms with Gasteiger partial charge in [0.05, 0.1) is 12.7 Å². The minimum atomic E-state index is -3.91. The second kappa shape index (κ2) is 11.6. The fourth-order valence-corrected chi connectivity index (χ4v) is 4.99. The molecule has 4 N–H and O–H groups in total. The smallest absolute Gasteiger partial charge is 0.269 e. The van der Waals surface area contributed by atoms with Crippen LogP contribution in [-0.4, -0.2) is 45.3 Å². The zero-order valence-corrected chi connectivity index (χ0v) is 21.1. The van der Waals surface area contributed by atoms with Gasteiger partial charge in [-0.25, -0.2) is 8.42 Å². The molecule has 9 nitrogen and oxygen atoms in total. The largest absolute Gasteiger partial charge is 0.492 e. The third-order valence-electron chi connectivity index (χ3n) is 4.70. The third kappa shape index (κ3) is 7.29. The molecule has 1 aliphatic heterocycles. The minimum absolute atomic E-state index is 0.00811. The van der Waals surface area contributed by atoms with Crippen LogP contribution in [0.5, 0.6) is 5.75 Å². The van der Waals surface area contributed by atoms with Gasteiger partial charge in [-0.1, -0.05) is 15.9 Å². The van der Waals surface area contributed by atoms with E-state index in [1.54, 1.807) is 19.1 Å². The summed E-state index contributed by atoms with van der Waals surface area (Å²) in [5.74, 6) is -0.171. The van der Waals surface area contributed by atoms with E-state index in [0.717, 1.165) is 19.4 Å². The molecule has 178 valence electrons. The quantitative estimate of drug-likeness (QED) is 0.289. The van der Waals surface area contributed by atoms with Crippen LogP contribution in [0.2, 0.25) is 0 Å². The van der Waals surface area contributed by atoms with Crippen molar-refractivity contribution in [2.75, 3.05) is 24.5 Å². The lowest BCUT2D eigenvalue weighted by molar-refractivity contribution is 0.0943. The molecular formula is C21H25BrN4O5S2. The summed E-state index contributed by atoms with van der Waals surface area (Å²) in [7, 11) is -3.91. The number of benzene rings is 2. The number of nitrogens with one attached hydrogen (secondary N) is 4. The van der Waals surface area contributed by atoms with Crippen LogP contribution in [0.25, 0.3) is 0 Å². The lowest BCUT2D eigenvalue weighted by Gasteiger charge is -2.15.